The van der Waals surface area contributed by atoms with Crippen LogP contribution in [0.3, 0.4) is 0 Å². The summed E-state index contributed by atoms with van der Waals surface area (Å²) in [7, 11) is 0. The van der Waals surface area contributed by atoms with Gasteiger partial charge in [-0.1, -0.05) is 11.3 Å². The average Bonchev–Trinajstić information content (AvgIpc) is 3.15. The van der Waals surface area contributed by atoms with E-state index in [0.717, 1.165) is 44.8 Å². The number of pyridine rings is 1. The first kappa shape index (κ1) is 17.7. The molecule has 1 amide bonds. The SMILES string of the molecule is O=C(Nc1nncs1)c1ccc(NCC2CCN(CCO)CC2)nc1. The predicted molar refractivity (Wildman–Crippen MR) is 96.8 cm³/mol. The molecule has 0 aliphatic carbocycles. The van der Waals surface area contributed by atoms with Crippen LogP contribution in [0.5, 0.6) is 0 Å². The lowest BCUT2D eigenvalue weighted by molar-refractivity contribution is 0.102. The van der Waals surface area contributed by atoms with Gasteiger partial charge in [0.2, 0.25) is 5.13 Å². The molecule has 0 atom stereocenters. The summed E-state index contributed by atoms with van der Waals surface area (Å²) in [5, 5.41) is 22.9. The van der Waals surface area contributed by atoms with Gasteiger partial charge in [0.05, 0.1) is 12.2 Å². The van der Waals surface area contributed by atoms with Gasteiger partial charge in [0.1, 0.15) is 11.3 Å². The summed E-state index contributed by atoms with van der Waals surface area (Å²) in [6.45, 7) is 3.93. The van der Waals surface area contributed by atoms with Crippen molar-refractivity contribution in [3.8, 4) is 0 Å². The van der Waals surface area contributed by atoms with Crippen molar-refractivity contribution in [3.63, 3.8) is 0 Å². The van der Waals surface area contributed by atoms with Gasteiger partial charge < -0.3 is 15.3 Å². The van der Waals surface area contributed by atoms with Crippen molar-refractivity contribution >= 4 is 28.2 Å². The first-order chi connectivity index (χ1) is 12.2. The smallest absolute Gasteiger partial charge is 0.259 e. The predicted octanol–water partition coefficient (Wildman–Crippen LogP) is 1.30. The number of nitrogens with zero attached hydrogens (tertiary/aromatic N) is 4. The molecule has 3 N–H and O–H groups in total. The van der Waals surface area contributed by atoms with Gasteiger partial charge in [0, 0.05) is 19.3 Å². The molecule has 0 radical (unpaired) electrons. The summed E-state index contributed by atoms with van der Waals surface area (Å²) in [6.07, 6.45) is 3.80. The van der Waals surface area contributed by atoms with Crippen LogP contribution < -0.4 is 10.6 Å². The third-order valence-electron chi connectivity index (χ3n) is 4.30. The normalized spacial score (nSPS) is 15.9. The van der Waals surface area contributed by atoms with Crippen LogP contribution in [0.1, 0.15) is 23.2 Å². The summed E-state index contributed by atoms with van der Waals surface area (Å²) in [4.78, 5) is 18.7. The Kier molecular flexibility index (Phi) is 6.26. The number of piperidine rings is 1. The molecule has 0 spiro atoms. The Morgan fingerprint density at radius 3 is 2.84 bits per heavy atom. The van der Waals surface area contributed by atoms with Crippen molar-refractivity contribution in [1.29, 1.82) is 0 Å². The number of hydrogen-bond donors (Lipinski definition) is 3. The second kappa shape index (κ2) is 8.84. The molecule has 0 bridgehead atoms. The highest BCUT2D eigenvalue weighted by Gasteiger charge is 2.18. The van der Waals surface area contributed by atoms with Crippen molar-refractivity contribution in [2.75, 3.05) is 43.4 Å². The summed E-state index contributed by atoms with van der Waals surface area (Å²) >= 11 is 1.27. The van der Waals surface area contributed by atoms with Gasteiger partial charge in [-0.25, -0.2) is 4.98 Å². The van der Waals surface area contributed by atoms with Crippen LogP contribution in [0.25, 0.3) is 0 Å². The van der Waals surface area contributed by atoms with Gasteiger partial charge in [-0.05, 0) is 44.0 Å². The molecule has 0 unspecified atom stereocenters. The van der Waals surface area contributed by atoms with Gasteiger partial charge in [-0.2, -0.15) is 0 Å². The lowest BCUT2D eigenvalue weighted by atomic mass is 9.97. The number of amides is 1. The van der Waals surface area contributed by atoms with Gasteiger partial charge in [-0.3, -0.25) is 10.1 Å². The second-order valence-corrected chi connectivity index (χ2v) is 6.85. The molecular weight excluding hydrogens is 340 g/mol. The van der Waals surface area contributed by atoms with Gasteiger partial charge in [0.25, 0.3) is 5.91 Å². The fourth-order valence-corrected chi connectivity index (χ4v) is 3.27. The van der Waals surface area contributed by atoms with Crippen LogP contribution in [0.4, 0.5) is 10.9 Å². The summed E-state index contributed by atoms with van der Waals surface area (Å²) in [6, 6.07) is 3.56. The minimum atomic E-state index is -0.243. The second-order valence-electron chi connectivity index (χ2n) is 6.02. The van der Waals surface area contributed by atoms with E-state index in [1.165, 1.54) is 11.3 Å². The van der Waals surface area contributed by atoms with Crippen molar-refractivity contribution in [2.24, 2.45) is 5.92 Å². The number of β-amino-alcohol motifs (C(OH)–C–C–N with tert-alkyl or cyclic N) is 1. The van der Waals surface area contributed by atoms with E-state index < -0.39 is 0 Å². The van der Waals surface area contributed by atoms with Crippen LogP contribution in [0, 0.1) is 5.92 Å². The topological polar surface area (TPSA) is 103 Å². The molecule has 0 saturated carbocycles. The zero-order valence-electron chi connectivity index (χ0n) is 13.9. The van der Waals surface area contributed by atoms with Crippen LogP contribution in [-0.2, 0) is 0 Å². The molecule has 2 aromatic heterocycles. The number of aliphatic hydroxyl groups excluding tert-OH is 1. The van der Waals surface area contributed by atoms with E-state index in [0.29, 0.717) is 16.6 Å². The monoisotopic (exact) mass is 362 g/mol. The zero-order valence-corrected chi connectivity index (χ0v) is 14.7. The van der Waals surface area contributed by atoms with Crippen LogP contribution in [0.15, 0.2) is 23.8 Å². The summed E-state index contributed by atoms with van der Waals surface area (Å²) in [5.74, 6) is 1.13. The maximum atomic E-state index is 12.1. The maximum absolute atomic E-state index is 12.1. The van der Waals surface area contributed by atoms with Crippen molar-refractivity contribution in [3.05, 3.63) is 29.4 Å². The molecule has 0 aromatic carbocycles. The number of aliphatic hydroxyl groups is 1. The van der Waals surface area contributed by atoms with E-state index in [-0.39, 0.29) is 12.5 Å². The Labute approximate surface area is 150 Å². The van der Waals surface area contributed by atoms with Crippen molar-refractivity contribution in [2.45, 2.75) is 12.8 Å². The number of aromatic nitrogens is 3. The van der Waals surface area contributed by atoms with E-state index in [1.807, 2.05) is 6.07 Å². The van der Waals surface area contributed by atoms with Gasteiger partial charge in [0.15, 0.2) is 0 Å². The lowest BCUT2D eigenvalue weighted by Gasteiger charge is -2.31. The largest absolute Gasteiger partial charge is 0.395 e. The molecule has 3 heterocycles. The number of rotatable bonds is 7. The molecule has 8 nitrogen and oxygen atoms in total. The molecule has 1 fully saturated rings. The van der Waals surface area contributed by atoms with E-state index in [4.69, 9.17) is 5.11 Å². The number of anilines is 2. The molecule has 1 aliphatic heterocycles. The van der Waals surface area contributed by atoms with E-state index >= 15 is 0 Å². The maximum Gasteiger partial charge on any atom is 0.259 e. The Balaban J connectivity index is 1.44. The van der Waals surface area contributed by atoms with Gasteiger partial charge >= 0.3 is 0 Å². The minimum absolute atomic E-state index is 0.228. The number of nitrogens with one attached hydrogen (secondary N) is 2. The summed E-state index contributed by atoms with van der Waals surface area (Å²) in [5.41, 5.74) is 2.05. The Morgan fingerprint density at radius 2 is 2.20 bits per heavy atom. The molecule has 1 aliphatic rings. The van der Waals surface area contributed by atoms with E-state index in [1.54, 1.807) is 17.8 Å². The van der Waals surface area contributed by atoms with Crippen LogP contribution >= 0.6 is 11.3 Å². The Morgan fingerprint density at radius 1 is 1.36 bits per heavy atom. The molecule has 25 heavy (non-hydrogen) atoms. The zero-order chi connectivity index (χ0) is 17.5. The fraction of sp³-hybridized carbons (Fsp3) is 0.500. The number of hydrogen-bond acceptors (Lipinski definition) is 8. The molecule has 1 saturated heterocycles. The highest BCUT2D eigenvalue weighted by atomic mass is 32.1. The van der Waals surface area contributed by atoms with E-state index in [2.05, 4.69) is 30.7 Å². The highest BCUT2D eigenvalue weighted by Crippen LogP contribution is 2.18. The highest BCUT2D eigenvalue weighted by molar-refractivity contribution is 7.13. The van der Waals surface area contributed by atoms with Crippen molar-refractivity contribution in [1.82, 2.24) is 20.1 Å². The third-order valence-corrected chi connectivity index (χ3v) is 4.91. The number of carbonyl (C=O) groups excluding carboxylic acids is 1. The van der Waals surface area contributed by atoms with Crippen molar-refractivity contribution < 1.29 is 9.90 Å². The average molecular weight is 362 g/mol. The quantitative estimate of drug-likeness (QED) is 0.682. The molecule has 3 rings (SSSR count). The molecular formula is C16H22N6O2S. The lowest BCUT2D eigenvalue weighted by Crippen LogP contribution is -2.37. The Bertz CT molecular complexity index is 656. The number of likely N-dealkylation sites (tertiary alicyclic amines) is 1. The van der Waals surface area contributed by atoms with Gasteiger partial charge in [-0.15, -0.1) is 10.2 Å². The molecule has 134 valence electrons. The van der Waals surface area contributed by atoms with Crippen LogP contribution in [0.2, 0.25) is 0 Å². The third kappa shape index (κ3) is 5.18. The first-order valence-corrected chi connectivity index (χ1v) is 9.23. The van der Waals surface area contributed by atoms with E-state index in [9.17, 15) is 4.79 Å². The molecule has 9 heteroatoms. The Hall–Kier alpha value is -2.10. The molecule has 2 aromatic rings. The fourth-order valence-electron chi connectivity index (χ4n) is 2.83. The standard InChI is InChI=1S/C16H22N6O2S/c23-8-7-22-5-3-12(4-6-22)9-17-14-2-1-13(10-18-14)15(24)20-16-21-19-11-25-16/h1-2,10-12,23H,3-9H2,(H,17,18)(H,20,21,24). The minimum Gasteiger partial charge on any atom is -0.395 e. The van der Waals surface area contributed by atoms with Crippen LogP contribution in [-0.4, -0.2) is 63.9 Å². The number of carbonyl (C=O) groups is 1. The first-order valence-electron chi connectivity index (χ1n) is 8.35. The summed E-state index contributed by atoms with van der Waals surface area (Å²) < 4.78 is 0.